The number of likely N-dealkylation sites (tertiary alicyclic amines) is 1. The molecule has 1 amide bonds. The Morgan fingerprint density at radius 2 is 1.83 bits per heavy atom. The van der Waals surface area contributed by atoms with Crippen molar-refractivity contribution >= 4 is 18.3 Å². The molecule has 2 aliphatic rings. The Kier molecular flexibility index (Phi) is 5.73. The van der Waals surface area contributed by atoms with Crippen molar-refractivity contribution in [2.24, 2.45) is 11.8 Å². The second-order valence-electron chi connectivity index (χ2n) is 7.35. The molecule has 1 aromatic carbocycles. The first-order valence-electron chi connectivity index (χ1n) is 9.02. The van der Waals surface area contributed by atoms with Crippen LogP contribution < -0.4 is 10.7 Å². The molecule has 2 aliphatic heterocycles. The molecule has 0 aliphatic carbocycles. The van der Waals surface area contributed by atoms with Gasteiger partial charge in [0.15, 0.2) is 5.69 Å². The van der Waals surface area contributed by atoms with Crippen LogP contribution in [0, 0.1) is 18.8 Å². The summed E-state index contributed by atoms with van der Waals surface area (Å²) in [6, 6.07) is 5.88. The number of aryl methyl sites for hydroxylation is 1. The molecule has 2 saturated heterocycles. The van der Waals surface area contributed by atoms with Crippen LogP contribution >= 0.6 is 12.4 Å². The maximum absolute atomic E-state index is 13.0. The summed E-state index contributed by atoms with van der Waals surface area (Å²) in [5.41, 5.74) is -1.12. The van der Waals surface area contributed by atoms with E-state index in [9.17, 15) is 22.8 Å². The molecule has 156 valence electrons. The van der Waals surface area contributed by atoms with Crippen LogP contribution in [0.3, 0.4) is 0 Å². The van der Waals surface area contributed by atoms with Gasteiger partial charge >= 0.3 is 6.18 Å². The van der Waals surface area contributed by atoms with Crippen molar-refractivity contribution in [2.45, 2.75) is 13.1 Å². The number of carbonyl (C=O) groups is 1. The molecule has 6 nitrogen and oxygen atoms in total. The second kappa shape index (κ2) is 7.79. The van der Waals surface area contributed by atoms with E-state index in [0.717, 1.165) is 25.2 Å². The number of rotatable bonds is 2. The number of nitrogens with one attached hydrogen (secondary N) is 1. The molecule has 3 heterocycles. The van der Waals surface area contributed by atoms with Gasteiger partial charge < -0.3 is 10.2 Å². The SMILES string of the molecule is Cc1cc(=O)c(C(=O)N2C[C@H]3CNC[C@H]3C2)nn1-c1cccc(C(F)(F)F)c1.Cl. The van der Waals surface area contributed by atoms with Crippen LogP contribution in [0.15, 0.2) is 35.1 Å². The number of hydrogen-bond acceptors (Lipinski definition) is 4. The number of fused-ring (bicyclic) bond motifs is 1. The molecule has 10 heteroatoms. The van der Waals surface area contributed by atoms with Gasteiger partial charge in [-0.05, 0) is 37.0 Å². The third-order valence-electron chi connectivity index (χ3n) is 5.40. The molecule has 0 spiro atoms. The monoisotopic (exact) mass is 428 g/mol. The van der Waals surface area contributed by atoms with E-state index in [1.807, 2.05) is 0 Å². The van der Waals surface area contributed by atoms with E-state index in [1.165, 1.54) is 22.9 Å². The summed E-state index contributed by atoms with van der Waals surface area (Å²) in [6.07, 6.45) is -4.50. The van der Waals surface area contributed by atoms with Gasteiger partial charge in [-0.25, -0.2) is 4.68 Å². The van der Waals surface area contributed by atoms with Gasteiger partial charge in [-0.3, -0.25) is 9.59 Å². The van der Waals surface area contributed by atoms with Crippen molar-refractivity contribution in [3.63, 3.8) is 0 Å². The molecule has 29 heavy (non-hydrogen) atoms. The lowest BCUT2D eigenvalue weighted by atomic mass is 10.0. The van der Waals surface area contributed by atoms with Crippen molar-refractivity contribution < 1.29 is 18.0 Å². The minimum atomic E-state index is -4.50. The minimum Gasteiger partial charge on any atom is -0.336 e. The molecular weight excluding hydrogens is 409 g/mol. The lowest BCUT2D eigenvalue weighted by Crippen LogP contribution is -2.36. The molecule has 0 unspecified atom stereocenters. The highest BCUT2D eigenvalue weighted by molar-refractivity contribution is 5.92. The van der Waals surface area contributed by atoms with Crippen molar-refractivity contribution in [3.8, 4) is 5.69 Å². The van der Waals surface area contributed by atoms with Crippen molar-refractivity contribution in [2.75, 3.05) is 26.2 Å². The number of benzene rings is 1. The number of hydrogen-bond donors (Lipinski definition) is 1. The summed E-state index contributed by atoms with van der Waals surface area (Å²) in [5, 5.41) is 7.41. The van der Waals surface area contributed by atoms with Gasteiger partial charge in [-0.1, -0.05) is 6.07 Å². The van der Waals surface area contributed by atoms with E-state index in [0.29, 0.717) is 30.6 Å². The van der Waals surface area contributed by atoms with E-state index < -0.39 is 23.1 Å². The van der Waals surface area contributed by atoms with Crippen LogP contribution in [-0.2, 0) is 6.18 Å². The largest absolute Gasteiger partial charge is 0.416 e. The third-order valence-corrected chi connectivity index (χ3v) is 5.40. The van der Waals surface area contributed by atoms with E-state index in [1.54, 1.807) is 11.8 Å². The topological polar surface area (TPSA) is 67.2 Å². The summed E-state index contributed by atoms with van der Waals surface area (Å²) in [5.74, 6) is 0.250. The average Bonchev–Trinajstić information content (AvgIpc) is 3.22. The Morgan fingerprint density at radius 3 is 2.45 bits per heavy atom. The molecule has 2 atom stereocenters. The van der Waals surface area contributed by atoms with Gasteiger partial charge in [-0.2, -0.15) is 18.3 Å². The van der Waals surface area contributed by atoms with Crippen LogP contribution in [-0.4, -0.2) is 46.8 Å². The van der Waals surface area contributed by atoms with Gasteiger partial charge in [0, 0.05) is 37.9 Å². The van der Waals surface area contributed by atoms with Crippen molar-refractivity contribution in [1.82, 2.24) is 20.0 Å². The zero-order chi connectivity index (χ0) is 20.1. The molecule has 0 saturated carbocycles. The second-order valence-corrected chi connectivity index (χ2v) is 7.35. The summed E-state index contributed by atoms with van der Waals surface area (Å²) < 4.78 is 40.3. The highest BCUT2D eigenvalue weighted by Crippen LogP contribution is 2.30. The Balaban J connectivity index is 0.00000240. The molecule has 1 N–H and O–H groups in total. The van der Waals surface area contributed by atoms with Gasteiger partial charge in [0.25, 0.3) is 5.91 Å². The smallest absolute Gasteiger partial charge is 0.336 e. The van der Waals surface area contributed by atoms with Crippen LogP contribution in [0.4, 0.5) is 13.2 Å². The Labute approximate surface area is 171 Å². The molecule has 2 fully saturated rings. The first kappa shape index (κ1) is 21.3. The lowest BCUT2D eigenvalue weighted by molar-refractivity contribution is -0.137. The Bertz CT molecular complexity index is 980. The molecule has 1 aromatic heterocycles. The predicted octanol–water partition coefficient (Wildman–Crippen LogP) is 2.27. The summed E-state index contributed by atoms with van der Waals surface area (Å²) >= 11 is 0. The number of carbonyl (C=O) groups excluding carboxylic acids is 1. The number of alkyl halides is 3. The van der Waals surface area contributed by atoms with Crippen LogP contribution in [0.5, 0.6) is 0 Å². The quantitative estimate of drug-likeness (QED) is 0.797. The summed E-state index contributed by atoms with van der Waals surface area (Å²) in [4.78, 5) is 26.9. The maximum Gasteiger partial charge on any atom is 0.416 e. The zero-order valence-electron chi connectivity index (χ0n) is 15.6. The van der Waals surface area contributed by atoms with Crippen molar-refractivity contribution in [1.29, 1.82) is 0 Å². The van der Waals surface area contributed by atoms with Gasteiger partial charge in [0.05, 0.1) is 11.3 Å². The predicted molar refractivity (Wildman–Crippen MR) is 103 cm³/mol. The van der Waals surface area contributed by atoms with Gasteiger partial charge in [0.1, 0.15) is 0 Å². The van der Waals surface area contributed by atoms with E-state index >= 15 is 0 Å². The fourth-order valence-corrected chi connectivity index (χ4v) is 3.94. The molecule has 0 radical (unpaired) electrons. The standard InChI is InChI=1S/C19H19F3N4O2.ClH/c1-11-5-16(27)17(18(28)25-9-12-7-23-8-13(12)10-25)24-26(11)15-4-2-3-14(6-15)19(20,21)22;/h2-6,12-13,23H,7-10H2,1H3;1H/t12-,13+;. The van der Waals surface area contributed by atoms with E-state index in [-0.39, 0.29) is 23.8 Å². The van der Waals surface area contributed by atoms with Gasteiger partial charge in [-0.15, -0.1) is 12.4 Å². The van der Waals surface area contributed by atoms with Crippen LogP contribution in [0.2, 0.25) is 0 Å². The number of halogens is 4. The molecule has 0 bridgehead atoms. The average molecular weight is 429 g/mol. The minimum absolute atomic E-state index is 0. The normalized spacial score (nSPS) is 21.0. The van der Waals surface area contributed by atoms with Crippen LogP contribution in [0.1, 0.15) is 21.7 Å². The summed E-state index contributed by atoms with van der Waals surface area (Å²) in [6.45, 7) is 4.34. The number of amides is 1. The molecule has 2 aromatic rings. The maximum atomic E-state index is 13.0. The highest BCUT2D eigenvalue weighted by atomic mass is 35.5. The Hall–Kier alpha value is -2.39. The Morgan fingerprint density at radius 1 is 1.17 bits per heavy atom. The third kappa shape index (κ3) is 4.02. The fraction of sp³-hybridized carbons (Fsp3) is 0.421. The lowest BCUT2D eigenvalue weighted by Gasteiger charge is -2.18. The first-order chi connectivity index (χ1) is 13.2. The van der Waals surface area contributed by atoms with E-state index in [2.05, 4.69) is 10.4 Å². The van der Waals surface area contributed by atoms with Crippen molar-refractivity contribution in [3.05, 3.63) is 57.5 Å². The number of aromatic nitrogens is 2. The first-order valence-corrected chi connectivity index (χ1v) is 9.02. The fourth-order valence-electron chi connectivity index (χ4n) is 3.94. The molecule has 4 rings (SSSR count). The number of nitrogens with zero attached hydrogens (tertiary/aromatic N) is 3. The molecular formula is C19H20ClF3N4O2. The van der Waals surface area contributed by atoms with Gasteiger partial charge in [0.2, 0.25) is 5.43 Å². The zero-order valence-corrected chi connectivity index (χ0v) is 16.4. The highest BCUT2D eigenvalue weighted by Gasteiger charge is 2.39. The van der Waals surface area contributed by atoms with Crippen LogP contribution in [0.25, 0.3) is 5.69 Å². The van der Waals surface area contributed by atoms with E-state index in [4.69, 9.17) is 0 Å². The summed E-state index contributed by atoms with van der Waals surface area (Å²) in [7, 11) is 0.